The summed E-state index contributed by atoms with van der Waals surface area (Å²) in [5.41, 5.74) is 5.07. The Morgan fingerprint density at radius 2 is 2.33 bits per heavy atom. The quantitative estimate of drug-likeness (QED) is 0.563. The van der Waals surface area contributed by atoms with Crippen molar-refractivity contribution in [3.63, 3.8) is 0 Å². The van der Waals surface area contributed by atoms with Crippen molar-refractivity contribution in [3.8, 4) is 0 Å². The predicted octanol–water partition coefficient (Wildman–Crippen LogP) is 1.51. The van der Waals surface area contributed by atoms with Crippen molar-refractivity contribution in [2.75, 3.05) is 0 Å². The van der Waals surface area contributed by atoms with E-state index in [0.29, 0.717) is 5.92 Å². The van der Waals surface area contributed by atoms with Gasteiger partial charge in [0.15, 0.2) is 0 Å². The lowest BCUT2D eigenvalue weighted by molar-refractivity contribution is 0.866. The maximum atomic E-state index is 4.08. The Labute approximate surface area is 55.6 Å². The topological polar surface area (TPSA) is 24.4 Å². The molecule has 0 bridgehead atoms. The van der Waals surface area contributed by atoms with Crippen molar-refractivity contribution in [1.29, 1.82) is 0 Å². The molecule has 2 heteroatoms. The van der Waals surface area contributed by atoms with E-state index < -0.39 is 0 Å². The van der Waals surface area contributed by atoms with Crippen molar-refractivity contribution in [2.24, 2.45) is 11.0 Å². The van der Waals surface area contributed by atoms with Crippen LogP contribution in [-0.4, -0.2) is 5.71 Å². The number of hydrogen-bond acceptors (Lipinski definition) is 2. The van der Waals surface area contributed by atoms with Gasteiger partial charge in [-0.25, -0.2) is 0 Å². The van der Waals surface area contributed by atoms with Gasteiger partial charge in [0.2, 0.25) is 0 Å². The van der Waals surface area contributed by atoms with E-state index in [1.165, 1.54) is 5.71 Å². The van der Waals surface area contributed by atoms with E-state index in [4.69, 9.17) is 0 Å². The van der Waals surface area contributed by atoms with Crippen LogP contribution in [0.25, 0.3) is 0 Å². The van der Waals surface area contributed by atoms with Gasteiger partial charge in [0.05, 0.1) is 0 Å². The van der Waals surface area contributed by atoms with Crippen LogP contribution in [0.5, 0.6) is 0 Å². The van der Waals surface area contributed by atoms with E-state index >= 15 is 0 Å². The second-order valence-corrected chi connectivity index (χ2v) is 2.65. The molecule has 0 aromatic carbocycles. The molecule has 0 aromatic heterocycles. The van der Waals surface area contributed by atoms with Gasteiger partial charge < -0.3 is 0 Å². The second kappa shape index (κ2) is 2.21. The highest BCUT2D eigenvalue weighted by atomic mass is 15.3. The number of hydrazone groups is 1. The molecule has 50 valence electrons. The van der Waals surface area contributed by atoms with Crippen LogP contribution in [0.2, 0.25) is 0 Å². The molecule has 1 aliphatic rings. The first-order chi connectivity index (χ1) is 4.20. The number of nitrogens with one attached hydrogen (secondary N) is 1. The van der Waals surface area contributed by atoms with Crippen LogP contribution in [0.4, 0.5) is 0 Å². The minimum Gasteiger partial charge on any atom is -0.283 e. The second-order valence-electron chi connectivity index (χ2n) is 2.65. The van der Waals surface area contributed by atoms with Crippen LogP contribution in [0, 0.1) is 5.92 Å². The largest absolute Gasteiger partial charge is 0.283 e. The molecule has 0 aliphatic carbocycles. The Morgan fingerprint density at radius 3 is 2.56 bits per heavy atom. The van der Waals surface area contributed by atoms with E-state index in [2.05, 4.69) is 31.0 Å². The average Bonchev–Trinajstić information content (AvgIpc) is 2.14. The zero-order valence-corrected chi connectivity index (χ0v) is 5.94. The van der Waals surface area contributed by atoms with Gasteiger partial charge in [0.1, 0.15) is 0 Å². The Balaban J connectivity index is 2.55. The van der Waals surface area contributed by atoms with Gasteiger partial charge in [-0.2, -0.15) is 5.10 Å². The zero-order chi connectivity index (χ0) is 6.85. The fraction of sp³-hybridized carbons (Fsp3) is 0.571. The third-order valence-corrected chi connectivity index (χ3v) is 1.42. The number of hydrogen-bond donors (Lipinski definition) is 1. The van der Waals surface area contributed by atoms with Gasteiger partial charge in [-0.3, -0.25) is 5.43 Å². The maximum Gasteiger partial charge on any atom is 0.0466 e. The van der Waals surface area contributed by atoms with Crippen molar-refractivity contribution < 1.29 is 0 Å². The van der Waals surface area contributed by atoms with Crippen molar-refractivity contribution in [1.82, 2.24) is 5.43 Å². The minimum atomic E-state index is 0.553. The van der Waals surface area contributed by atoms with Crippen LogP contribution >= 0.6 is 0 Å². The molecule has 1 rings (SSSR count). The van der Waals surface area contributed by atoms with E-state index in [1.807, 2.05) is 0 Å². The summed E-state index contributed by atoms with van der Waals surface area (Å²) in [5.74, 6) is 0.553. The van der Waals surface area contributed by atoms with Crippen molar-refractivity contribution in [2.45, 2.75) is 20.3 Å². The molecule has 2 nitrogen and oxygen atoms in total. The van der Waals surface area contributed by atoms with Crippen LogP contribution in [0.1, 0.15) is 20.3 Å². The summed E-state index contributed by atoms with van der Waals surface area (Å²) < 4.78 is 0. The molecule has 1 heterocycles. The van der Waals surface area contributed by atoms with Crippen LogP contribution in [0.3, 0.4) is 0 Å². The molecule has 0 fully saturated rings. The Bertz CT molecular complexity index is 156. The van der Waals surface area contributed by atoms with Crippen LogP contribution in [0.15, 0.2) is 17.4 Å². The molecular formula is C7H12N2. The van der Waals surface area contributed by atoms with E-state index in [1.54, 1.807) is 0 Å². The summed E-state index contributed by atoms with van der Waals surface area (Å²) >= 11 is 0. The van der Waals surface area contributed by atoms with Gasteiger partial charge in [-0.1, -0.05) is 20.4 Å². The standard InChI is InChI=1S/C7H12N2/c1-5(2)7-4-6(3)8-9-7/h5,8H,3-4H2,1-2H3. The number of rotatable bonds is 1. The molecule has 0 saturated carbocycles. The van der Waals surface area contributed by atoms with Gasteiger partial charge in [-0.15, -0.1) is 0 Å². The fourth-order valence-electron chi connectivity index (χ4n) is 0.782. The highest BCUT2D eigenvalue weighted by Gasteiger charge is 2.11. The summed E-state index contributed by atoms with van der Waals surface area (Å²) in [5, 5.41) is 4.08. The van der Waals surface area contributed by atoms with Gasteiger partial charge in [-0.05, 0) is 5.92 Å². The zero-order valence-electron chi connectivity index (χ0n) is 5.94. The molecule has 1 aliphatic heterocycles. The average molecular weight is 124 g/mol. The molecule has 0 atom stereocenters. The molecule has 1 N–H and O–H groups in total. The lowest BCUT2D eigenvalue weighted by atomic mass is 10.1. The van der Waals surface area contributed by atoms with E-state index in [9.17, 15) is 0 Å². The molecule has 0 radical (unpaired) electrons. The first kappa shape index (κ1) is 6.33. The SMILES string of the molecule is C=C1CC(C(C)C)=NN1. The summed E-state index contributed by atoms with van der Waals surface area (Å²) in [6.45, 7) is 8.04. The van der Waals surface area contributed by atoms with Crippen LogP contribution in [-0.2, 0) is 0 Å². The molecule has 0 spiro atoms. The monoisotopic (exact) mass is 124 g/mol. The lowest BCUT2D eigenvalue weighted by Crippen LogP contribution is -2.02. The predicted molar refractivity (Wildman–Crippen MR) is 39.2 cm³/mol. The summed E-state index contributed by atoms with van der Waals surface area (Å²) in [4.78, 5) is 0. The fourth-order valence-corrected chi connectivity index (χ4v) is 0.782. The molecule has 0 saturated heterocycles. The smallest absolute Gasteiger partial charge is 0.0466 e. The molecule has 0 amide bonds. The first-order valence-corrected chi connectivity index (χ1v) is 3.20. The minimum absolute atomic E-state index is 0.553. The summed E-state index contributed by atoms with van der Waals surface area (Å²) in [6, 6.07) is 0. The van der Waals surface area contributed by atoms with E-state index in [-0.39, 0.29) is 0 Å². The Morgan fingerprint density at radius 1 is 1.67 bits per heavy atom. The first-order valence-electron chi connectivity index (χ1n) is 3.20. The third kappa shape index (κ3) is 1.31. The van der Waals surface area contributed by atoms with Crippen molar-refractivity contribution >= 4 is 5.71 Å². The Kier molecular flexibility index (Phi) is 1.56. The Hall–Kier alpha value is -0.790. The van der Waals surface area contributed by atoms with Gasteiger partial charge in [0.25, 0.3) is 0 Å². The summed E-state index contributed by atoms with van der Waals surface area (Å²) in [6.07, 6.45) is 0.928. The normalized spacial score (nSPS) is 18.1. The van der Waals surface area contributed by atoms with Gasteiger partial charge in [0, 0.05) is 17.8 Å². The van der Waals surface area contributed by atoms with Crippen molar-refractivity contribution in [3.05, 3.63) is 12.3 Å². The molecule has 0 unspecified atom stereocenters. The number of allylic oxidation sites excluding steroid dienone is 1. The lowest BCUT2D eigenvalue weighted by Gasteiger charge is -1.98. The molecular weight excluding hydrogens is 112 g/mol. The highest BCUT2D eigenvalue weighted by molar-refractivity contribution is 5.89. The van der Waals surface area contributed by atoms with Crippen LogP contribution < -0.4 is 5.43 Å². The third-order valence-electron chi connectivity index (χ3n) is 1.42. The molecule has 9 heavy (non-hydrogen) atoms. The number of nitrogens with zero attached hydrogens (tertiary/aromatic N) is 1. The van der Waals surface area contributed by atoms with E-state index in [0.717, 1.165) is 12.1 Å². The maximum absolute atomic E-state index is 4.08. The summed E-state index contributed by atoms with van der Waals surface area (Å²) in [7, 11) is 0. The highest BCUT2D eigenvalue weighted by Crippen LogP contribution is 2.10. The molecule has 0 aromatic rings. The van der Waals surface area contributed by atoms with Gasteiger partial charge >= 0.3 is 0 Å².